The van der Waals surface area contributed by atoms with Crippen molar-refractivity contribution in [2.75, 3.05) is 20.8 Å². The van der Waals surface area contributed by atoms with Crippen LogP contribution >= 0.6 is 0 Å². The van der Waals surface area contributed by atoms with Gasteiger partial charge in [-0.3, -0.25) is 0 Å². The second kappa shape index (κ2) is 8.84. The summed E-state index contributed by atoms with van der Waals surface area (Å²) in [7, 11) is 2.25. The van der Waals surface area contributed by atoms with Crippen molar-refractivity contribution in [1.29, 1.82) is 0 Å². The highest BCUT2D eigenvalue weighted by Gasteiger charge is 2.52. The maximum atomic E-state index is 11.9. The summed E-state index contributed by atoms with van der Waals surface area (Å²) in [6, 6.07) is 0. The summed E-state index contributed by atoms with van der Waals surface area (Å²) >= 11 is 0. The third-order valence-corrected chi connectivity index (χ3v) is 4.35. The second-order valence-electron chi connectivity index (χ2n) is 5.96. The van der Waals surface area contributed by atoms with Crippen LogP contribution in [0.5, 0.6) is 0 Å². The SMILES string of the molecule is COC(=O)[C@H]1O[C@@H](OC)[C@H](O)[C@@H](O)[C@@H]1O[C@H]1O[C@H](CO)[C@@H](O)[C@H](O)[C@H]1O. The molecule has 2 aliphatic heterocycles. The molecule has 0 aromatic heterocycles. The fourth-order valence-electron chi connectivity index (χ4n) is 2.82. The molecule has 0 aliphatic carbocycles. The molecule has 6 N–H and O–H groups in total. The van der Waals surface area contributed by atoms with Crippen molar-refractivity contribution in [3.05, 3.63) is 0 Å². The standard InChI is InChI=1S/C14H24O12/c1-22-12(21)11-10(7(18)9(20)13(23-2)26-11)25-14-8(19)6(17)5(16)4(3-15)24-14/h4-11,13-20H,3H2,1-2H3/t4-,5-,6+,7-,8-,9-,10+,11+,13-,14-/m1/s1. The number of rotatable bonds is 5. The van der Waals surface area contributed by atoms with Gasteiger partial charge in [-0.2, -0.15) is 0 Å². The summed E-state index contributed by atoms with van der Waals surface area (Å²) in [6.45, 7) is -0.691. The largest absolute Gasteiger partial charge is 0.467 e. The third kappa shape index (κ3) is 3.99. The van der Waals surface area contributed by atoms with Gasteiger partial charge in [0, 0.05) is 7.11 Å². The molecule has 0 amide bonds. The molecule has 0 saturated carbocycles. The molecular formula is C14H24O12. The molecule has 0 aromatic carbocycles. The third-order valence-electron chi connectivity index (χ3n) is 4.35. The van der Waals surface area contributed by atoms with Crippen LogP contribution in [0, 0.1) is 0 Å². The van der Waals surface area contributed by atoms with Crippen molar-refractivity contribution < 1.29 is 59.1 Å². The zero-order valence-electron chi connectivity index (χ0n) is 14.1. The number of esters is 1. The van der Waals surface area contributed by atoms with E-state index >= 15 is 0 Å². The van der Waals surface area contributed by atoms with Gasteiger partial charge in [0.2, 0.25) is 0 Å². The Morgan fingerprint density at radius 1 is 0.885 bits per heavy atom. The van der Waals surface area contributed by atoms with Gasteiger partial charge in [-0.1, -0.05) is 0 Å². The Bertz CT molecular complexity index is 473. The van der Waals surface area contributed by atoms with Crippen molar-refractivity contribution in [2.45, 2.75) is 61.4 Å². The Hall–Kier alpha value is -0.930. The average Bonchev–Trinajstić information content (AvgIpc) is 2.65. The summed E-state index contributed by atoms with van der Waals surface area (Å²) in [5, 5.41) is 59.0. The number of carbonyl (C=O) groups is 1. The number of hydrogen-bond donors (Lipinski definition) is 6. The van der Waals surface area contributed by atoms with Gasteiger partial charge < -0.3 is 54.3 Å². The fraction of sp³-hybridized carbons (Fsp3) is 0.929. The first-order chi connectivity index (χ1) is 12.3. The van der Waals surface area contributed by atoms with Crippen molar-refractivity contribution in [2.24, 2.45) is 0 Å². The molecular weight excluding hydrogens is 360 g/mol. The van der Waals surface area contributed by atoms with Gasteiger partial charge in [-0.25, -0.2) is 4.79 Å². The number of methoxy groups -OCH3 is 2. The molecule has 0 bridgehead atoms. The van der Waals surface area contributed by atoms with E-state index < -0.39 is 74.0 Å². The summed E-state index contributed by atoms with van der Waals surface area (Å²) in [4.78, 5) is 11.9. The smallest absolute Gasteiger partial charge is 0.337 e. The lowest BCUT2D eigenvalue weighted by molar-refractivity contribution is -0.352. The first kappa shape index (κ1) is 21.4. The van der Waals surface area contributed by atoms with E-state index in [1.165, 1.54) is 7.11 Å². The van der Waals surface area contributed by atoms with E-state index in [1.54, 1.807) is 0 Å². The van der Waals surface area contributed by atoms with Crippen LogP contribution in [0.2, 0.25) is 0 Å². The fourth-order valence-corrected chi connectivity index (χ4v) is 2.82. The first-order valence-corrected chi connectivity index (χ1v) is 7.85. The van der Waals surface area contributed by atoms with Gasteiger partial charge in [0.25, 0.3) is 0 Å². The Balaban J connectivity index is 2.21. The first-order valence-electron chi connectivity index (χ1n) is 7.85. The van der Waals surface area contributed by atoms with Gasteiger partial charge in [0.15, 0.2) is 18.7 Å². The van der Waals surface area contributed by atoms with Crippen molar-refractivity contribution in [3.63, 3.8) is 0 Å². The molecule has 0 radical (unpaired) electrons. The van der Waals surface area contributed by atoms with E-state index in [1.807, 2.05) is 0 Å². The lowest BCUT2D eigenvalue weighted by atomic mass is 9.97. The summed E-state index contributed by atoms with van der Waals surface area (Å²) in [6.07, 6.45) is -15.8. The van der Waals surface area contributed by atoms with Crippen LogP contribution in [-0.4, -0.2) is 119 Å². The molecule has 12 nitrogen and oxygen atoms in total. The van der Waals surface area contributed by atoms with Crippen LogP contribution in [0.15, 0.2) is 0 Å². The number of aliphatic hydroxyl groups excluding tert-OH is 6. The molecule has 2 saturated heterocycles. The molecule has 2 heterocycles. The highest BCUT2D eigenvalue weighted by molar-refractivity contribution is 5.75. The van der Waals surface area contributed by atoms with E-state index in [-0.39, 0.29) is 0 Å². The normalized spacial score (nSPS) is 46.8. The lowest BCUT2D eigenvalue weighted by Crippen LogP contribution is -2.65. The van der Waals surface area contributed by atoms with Crippen LogP contribution in [-0.2, 0) is 28.5 Å². The molecule has 26 heavy (non-hydrogen) atoms. The van der Waals surface area contributed by atoms with Crippen molar-refractivity contribution >= 4 is 5.97 Å². The molecule has 2 rings (SSSR count). The second-order valence-corrected chi connectivity index (χ2v) is 5.96. The van der Waals surface area contributed by atoms with Gasteiger partial charge in [-0.05, 0) is 0 Å². The number of aliphatic hydroxyl groups is 6. The molecule has 2 aliphatic rings. The number of ether oxygens (including phenoxy) is 5. The van der Waals surface area contributed by atoms with Gasteiger partial charge in [0.05, 0.1) is 13.7 Å². The summed E-state index contributed by atoms with van der Waals surface area (Å²) < 4.78 is 25.2. The molecule has 0 aromatic rings. The van der Waals surface area contributed by atoms with Gasteiger partial charge in [-0.15, -0.1) is 0 Å². The summed E-state index contributed by atoms with van der Waals surface area (Å²) in [5.41, 5.74) is 0. The highest BCUT2D eigenvalue weighted by Crippen LogP contribution is 2.29. The van der Waals surface area contributed by atoms with E-state index in [4.69, 9.17) is 18.9 Å². The van der Waals surface area contributed by atoms with Crippen LogP contribution < -0.4 is 0 Å². The van der Waals surface area contributed by atoms with Gasteiger partial charge >= 0.3 is 5.97 Å². The van der Waals surface area contributed by atoms with Crippen molar-refractivity contribution in [3.8, 4) is 0 Å². The Morgan fingerprint density at radius 2 is 1.50 bits per heavy atom. The van der Waals surface area contributed by atoms with Crippen LogP contribution in [0.3, 0.4) is 0 Å². The topological polar surface area (TPSA) is 185 Å². The minimum Gasteiger partial charge on any atom is -0.467 e. The number of hydrogen-bond acceptors (Lipinski definition) is 12. The number of carbonyl (C=O) groups excluding carboxylic acids is 1. The van der Waals surface area contributed by atoms with E-state index in [0.717, 1.165) is 7.11 Å². The minimum atomic E-state index is -1.77. The highest BCUT2D eigenvalue weighted by atomic mass is 16.7. The molecule has 10 atom stereocenters. The predicted octanol–water partition coefficient (Wildman–Crippen LogP) is -4.56. The van der Waals surface area contributed by atoms with Crippen LogP contribution in [0.1, 0.15) is 0 Å². The maximum Gasteiger partial charge on any atom is 0.337 e. The van der Waals surface area contributed by atoms with Crippen LogP contribution in [0.25, 0.3) is 0 Å². The molecule has 152 valence electrons. The maximum absolute atomic E-state index is 11.9. The molecule has 0 spiro atoms. The lowest BCUT2D eigenvalue weighted by Gasteiger charge is -2.45. The molecule has 0 unspecified atom stereocenters. The summed E-state index contributed by atoms with van der Waals surface area (Å²) in [5.74, 6) is -0.951. The van der Waals surface area contributed by atoms with E-state index in [9.17, 15) is 35.4 Å². The molecule has 2 fully saturated rings. The minimum absolute atomic E-state index is 0.691. The zero-order chi connectivity index (χ0) is 19.6. The zero-order valence-corrected chi connectivity index (χ0v) is 14.1. The molecule has 12 heteroatoms. The monoisotopic (exact) mass is 384 g/mol. The Labute approximate surface area is 148 Å². The van der Waals surface area contributed by atoms with E-state index in [2.05, 4.69) is 4.74 Å². The van der Waals surface area contributed by atoms with E-state index in [0.29, 0.717) is 0 Å². The quantitative estimate of drug-likeness (QED) is 0.250. The Kier molecular flexibility index (Phi) is 7.27. The predicted molar refractivity (Wildman–Crippen MR) is 78.3 cm³/mol. The average molecular weight is 384 g/mol. The van der Waals surface area contributed by atoms with Crippen molar-refractivity contribution in [1.82, 2.24) is 0 Å². The van der Waals surface area contributed by atoms with Gasteiger partial charge in [0.1, 0.15) is 42.7 Å². The van der Waals surface area contributed by atoms with Crippen LogP contribution in [0.4, 0.5) is 0 Å². The Morgan fingerprint density at radius 3 is 2.04 bits per heavy atom.